The molecular formula is C27H26N2O7S. The van der Waals surface area contributed by atoms with E-state index in [-0.39, 0.29) is 21.3 Å². The number of hydrogen-bond donors (Lipinski definition) is 1. The first kappa shape index (κ1) is 25.9. The summed E-state index contributed by atoms with van der Waals surface area (Å²) in [5, 5.41) is 11.4. The number of esters is 1. The third kappa shape index (κ3) is 4.92. The van der Waals surface area contributed by atoms with E-state index >= 15 is 0 Å². The van der Waals surface area contributed by atoms with E-state index in [0.717, 1.165) is 17.8 Å². The minimum Gasteiger partial charge on any atom is -0.507 e. The van der Waals surface area contributed by atoms with Gasteiger partial charge in [-0.15, -0.1) is 0 Å². The van der Waals surface area contributed by atoms with Gasteiger partial charge in [0, 0.05) is 5.56 Å². The molecule has 1 N–H and O–H groups in total. The molecule has 1 saturated heterocycles. The van der Waals surface area contributed by atoms with Gasteiger partial charge < -0.3 is 19.3 Å². The summed E-state index contributed by atoms with van der Waals surface area (Å²) >= 11 is 0.942. The van der Waals surface area contributed by atoms with Crippen molar-refractivity contribution >= 4 is 39.9 Å². The maximum Gasteiger partial charge on any atom is 0.350 e. The highest BCUT2D eigenvalue weighted by Gasteiger charge is 2.48. The smallest absolute Gasteiger partial charge is 0.350 e. The number of aryl methyl sites for hydroxylation is 1. The molecule has 0 bridgehead atoms. The highest BCUT2D eigenvalue weighted by Crippen LogP contribution is 2.44. The van der Waals surface area contributed by atoms with Crippen LogP contribution in [0.3, 0.4) is 0 Å². The molecule has 1 aliphatic heterocycles. The number of rotatable bonds is 8. The van der Waals surface area contributed by atoms with Crippen LogP contribution in [0.2, 0.25) is 0 Å². The average Bonchev–Trinajstić information content (AvgIpc) is 3.43. The zero-order chi connectivity index (χ0) is 26.7. The van der Waals surface area contributed by atoms with Crippen molar-refractivity contribution in [3.63, 3.8) is 0 Å². The van der Waals surface area contributed by atoms with Gasteiger partial charge in [-0.3, -0.25) is 14.5 Å². The molecule has 1 fully saturated rings. The molecule has 1 aromatic heterocycles. The predicted molar refractivity (Wildman–Crippen MR) is 138 cm³/mol. The quantitative estimate of drug-likeness (QED) is 0.197. The highest BCUT2D eigenvalue weighted by atomic mass is 32.1. The van der Waals surface area contributed by atoms with E-state index in [1.54, 1.807) is 55.5 Å². The zero-order valence-electron chi connectivity index (χ0n) is 20.8. The summed E-state index contributed by atoms with van der Waals surface area (Å²) in [5.41, 5.74) is 1.13. The fourth-order valence-corrected chi connectivity index (χ4v) is 5.02. The van der Waals surface area contributed by atoms with Crippen molar-refractivity contribution in [3.05, 3.63) is 75.8 Å². The lowest BCUT2D eigenvalue weighted by Gasteiger charge is -2.23. The first-order valence-electron chi connectivity index (χ1n) is 11.5. The average molecular weight is 523 g/mol. The molecule has 37 heavy (non-hydrogen) atoms. The van der Waals surface area contributed by atoms with Crippen LogP contribution in [0.15, 0.2) is 54.1 Å². The van der Waals surface area contributed by atoms with Crippen molar-refractivity contribution in [2.45, 2.75) is 26.3 Å². The normalized spacial score (nSPS) is 16.6. The minimum absolute atomic E-state index is 0.104. The molecule has 2 heterocycles. The van der Waals surface area contributed by atoms with Gasteiger partial charge in [-0.2, -0.15) is 0 Å². The number of Topliss-reactive ketones (excluding diaryl/α,β-unsaturated/α-hetero) is 1. The van der Waals surface area contributed by atoms with Crippen molar-refractivity contribution in [2.24, 2.45) is 0 Å². The van der Waals surface area contributed by atoms with Crippen LogP contribution in [0.1, 0.15) is 45.9 Å². The van der Waals surface area contributed by atoms with Crippen molar-refractivity contribution in [1.82, 2.24) is 4.98 Å². The Bertz CT molecular complexity index is 1380. The number of aliphatic hydroxyl groups is 1. The van der Waals surface area contributed by atoms with E-state index in [1.807, 2.05) is 6.92 Å². The highest BCUT2D eigenvalue weighted by molar-refractivity contribution is 7.17. The first-order chi connectivity index (χ1) is 17.8. The summed E-state index contributed by atoms with van der Waals surface area (Å²) < 4.78 is 15.7. The lowest BCUT2D eigenvalue weighted by Crippen LogP contribution is -2.29. The Labute approximate surface area is 217 Å². The van der Waals surface area contributed by atoms with E-state index < -0.39 is 23.7 Å². The van der Waals surface area contributed by atoms with Gasteiger partial charge in [-0.25, -0.2) is 9.78 Å². The molecule has 10 heteroatoms. The number of aliphatic hydroxyl groups excluding tert-OH is 1. The maximum absolute atomic E-state index is 13.4. The summed E-state index contributed by atoms with van der Waals surface area (Å²) in [7, 11) is 2.74. The third-order valence-corrected chi connectivity index (χ3v) is 6.96. The molecular weight excluding hydrogens is 496 g/mol. The number of thiazole rings is 1. The van der Waals surface area contributed by atoms with Gasteiger partial charge in [-0.1, -0.05) is 42.5 Å². The van der Waals surface area contributed by atoms with E-state index in [2.05, 4.69) is 4.98 Å². The number of carbonyl (C=O) groups excluding carboxylic acids is 3. The predicted octanol–water partition coefficient (Wildman–Crippen LogP) is 4.66. The molecule has 0 radical (unpaired) electrons. The second-order valence-electron chi connectivity index (χ2n) is 8.22. The van der Waals surface area contributed by atoms with Crippen molar-refractivity contribution < 1.29 is 33.7 Å². The second kappa shape index (κ2) is 10.8. The van der Waals surface area contributed by atoms with Gasteiger partial charge in [0.15, 0.2) is 5.13 Å². The largest absolute Gasteiger partial charge is 0.507 e. The van der Waals surface area contributed by atoms with Crippen LogP contribution in [0.5, 0.6) is 11.5 Å². The van der Waals surface area contributed by atoms with E-state index in [4.69, 9.17) is 14.2 Å². The molecule has 1 aliphatic rings. The molecule has 0 aliphatic carbocycles. The van der Waals surface area contributed by atoms with Crippen molar-refractivity contribution in [1.29, 1.82) is 0 Å². The summed E-state index contributed by atoms with van der Waals surface area (Å²) in [6, 6.07) is 12.5. The molecule has 9 nitrogen and oxygen atoms in total. The standard InChI is InChI=1S/C27H26N2O7S/c1-5-13-36-18-11-9-16(10-12-18)21-20(22(30)17-7-6-8-19(14-17)34-3)23(31)25(32)29(21)27-28-15(2)24(37-27)26(33)35-4/h6-12,14,21,30H,5,13H2,1-4H3/b22-20+/t21-/m1/s1. The van der Waals surface area contributed by atoms with Gasteiger partial charge in [0.05, 0.1) is 38.1 Å². The second-order valence-corrected chi connectivity index (χ2v) is 9.20. The minimum atomic E-state index is -0.998. The molecule has 2 aromatic carbocycles. The Morgan fingerprint density at radius 1 is 1.11 bits per heavy atom. The number of aromatic nitrogens is 1. The molecule has 0 saturated carbocycles. The summed E-state index contributed by atoms with van der Waals surface area (Å²) in [4.78, 5) is 44.7. The molecule has 1 atom stereocenters. The lowest BCUT2D eigenvalue weighted by atomic mass is 9.95. The van der Waals surface area contributed by atoms with Gasteiger partial charge in [0.2, 0.25) is 0 Å². The Morgan fingerprint density at radius 2 is 1.84 bits per heavy atom. The Hall–Kier alpha value is -4.18. The molecule has 192 valence electrons. The molecule has 1 amide bonds. The van der Waals surface area contributed by atoms with Gasteiger partial charge >= 0.3 is 11.9 Å². The number of benzene rings is 2. The van der Waals surface area contributed by atoms with E-state index in [0.29, 0.717) is 34.9 Å². The maximum atomic E-state index is 13.4. The van der Waals surface area contributed by atoms with Crippen LogP contribution < -0.4 is 14.4 Å². The van der Waals surface area contributed by atoms with Crippen molar-refractivity contribution in [3.8, 4) is 11.5 Å². The number of methoxy groups -OCH3 is 2. The number of hydrogen-bond acceptors (Lipinski definition) is 9. The van der Waals surface area contributed by atoms with Crippen LogP contribution in [-0.4, -0.2) is 48.6 Å². The Morgan fingerprint density at radius 3 is 2.49 bits per heavy atom. The first-order valence-corrected chi connectivity index (χ1v) is 12.4. The van der Waals surface area contributed by atoms with Gasteiger partial charge in [-0.05, 0) is 43.2 Å². The molecule has 4 rings (SSSR count). The fourth-order valence-electron chi connectivity index (χ4n) is 4.00. The van der Waals surface area contributed by atoms with Crippen LogP contribution in [0.25, 0.3) is 5.76 Å². The molecule has 0 spiro atoms. The van der Waals surface area contributed by atoms with Crippen LogP contribution in [-0.2, 0) is 14.3 Å². The fraction of sp³-hybridized carbons (Fsp3) is 0.259. The Balaban J connectivity index is 1.89. The number of carbonyl (C=O) groups is 3. The Kier molecular flexibility index (Phi) is 7.58. The van der Waals surface area contributed by atoms with Gasteiger partial charge in [0.25, 0.3) is 5.78 Å². The van der Waals surface area contributed by atoms with Gasteiger partial charge in [0.1, 0.15) is 22.1 Å². The summed E-state index contributed by atoms with van der Waals surface area (Å²) in [6.07, 6.45) is 0.842. The third-order valence-electron chi connectivity index (χ3n) is 5.82. The van der Waals surface area contributed by atoms with E-state index in [9.17, 15) is 19.5 Å². The number of anilines is 1. The number of nitrogens with zero attached hydrogens (tertiary/aromatic N) is 2. The molecule has 3 aromatic rings. The summed E-state index contributed by atoms with van der Waals surface area (Å²) in [6.45, 7) is 4.16. The van der Waals surface area contributed by atoms with E-state index in [1.165, 1.54) is 19.1 Å². The summed E-state index contributed by atoms with van der Waals surface area (Å²) in [5.74, 6) is -1.57. The molecule has 0 unspecified atom stereocenters. The number of amides is 1. The van der Waals surface area contributed by atoms with Crippen molar-refractivity contribution in [2.75, 3.05) is 25.7 Å². The number of ketones is 1. The van der Waals surface area contributed by atoms with Crippen LogP contribution >= 0.6 is 11.3 Å². The zero-order valence-corrected chi connectivity index (χ0v) is 21.6. The lowest BCUT2D eigenvalue weighted by molar-refractivity contribution is -0.132. The monoisotopic (exact) mass is 522 g/mol. The topological polar surface area (TPSA) is 115 Å². The van der Waals surface area contributed by atoms with Crippen LogP contribution in [0, 0.1) is 6.92 Å². The van der Waals surface area contributed by atoms with Crippen LogP contribution in [0.4, 0.5) is 5.13 Å². The SMILES string of the molecule is CCCOc1ccc([C@@H]2/C(=C(\O)c3cccc(OC)c3)C(=O)C(=O)N2c2nc(C)c(C(=O)OC)s2)cc1. The number of ether oxygens (including phenoxy) is 3.